The molecule has 0 aliphatic rings. The van der Waals surface area contributed by atoms with Crippen LogP contribution in [-0.2, 0) is 11.4 Å². The van der Waals surface area contributed by atoms with Crippen LogP contribution in [0, 0.1) is 0 Å². The SMILES string of the molecule is CN(CC(N)=O)c1nc(Cl)c(CO)s1. The van der Waals surface area contributed by atoms with Gasteiger partial charge in [-0.2, -0.15) is 0 Å². The van der Waals surface area contributed by atoms with E-state index in [-0.39, 0.29) is 18.3 Å². The number of hydrogen-bond donors (Lipinski definition) is 2. The fourth-order valence-electron chi connectivity index (χ4n) is 0.884. The minimum absolute atomic E-state index is 0.0781. The fourth-order valence-corrected chi connectivity index (χ4v) is 1.96. The number of aliphatic hydroxyl groups excluding tert-OH is 1. The zero-order valence-electron chi connectivity index (χ0n) is 7.53. The first-order chi connectivity index (χ1) is 6.54. The number of hydrogen-bond acceptors (Lipinski definition) is 5. The molecule has 0 aromatic carbocycles. The van der Waals surface area contributed by atoms with E-state index in [1.54, 1.807) is 11.9 Å². The van der Waals surface area contributed by atoms with Crippen LogP contribution in [0.5, 0.6) is 0 Å². The Morgan fingerprint density at radius 1 is 1.79 bits per heavy atom. The summed E-state index contributed by atoms with van der Waals surface area (Å²) in [4.78, 5) is 16.8. The molecule has 1 rings (SSSR count). The number of carbonyl (C=O) groups excluding carboxylic acids is 1. The molecule has 0 aliphatic heterocycles. The van der Waals surface area contributed by atoms with Crippen LogP contribution in [0.25, 0.3) is 0 Å². The highest BCUT2D eigenvalue weighted by Crippen LogP contribution is 2.28. The molecule has 5 nitrogen and oxygen atoms in total. The highest BCUT2D eigenvalue weighted by molar-refractivity contribution is 7.16. The van der Waals surface area contributed by atoms with E-state index in [0.29, 0.717) is 10.0 Å². The van der Waals surface area contributed by atoms with Gasteiger partial charge in [0.2, 0.25) is 5.91 Å². The van der Waals surface area contributed by atoms with E-state index in [1.807, 2.05) is 0 Å². The van der Waals surface area contributed by atoms with Crippen molar-refractivity contribution in [3.8, 4) is 0 Å². The maximum atomic E-state index is 10.6. The molecule has 0 saturated heterocycles. The van der Waals surface area contributed by atoms with E-state index in [0.717, 1.165) is 0 Å². The van der Waals surface area contributed by atoms with Crippen LogP contribution < -0.4 is 10.6 Å². The highest BCUT2D eigenvalue weighted by Gasteiger charge is 2.12. The van der Waals surface area contributed by atoms with Gasteiger partial charge in [-0.3, -0.25) is 4.79 Å². The van der Waals surface area contributed by atoms with Gasteiger partial charge in [0.25, 0.3) is 0 Å². The predicted molar refractivity (Wildman–Crippen MR) is 55.5 cm³/mol. The van der Waals surface area contributed by atoms with Crippen molar-refractivity contribution in [1.82, 2.24) is 4.98 Å². The van der Waals surface area contributed by atoms with Crippen molar-refractivity contribution in [2.45, 2.75) is 6.61 Å². The van der Waals surface area contributed by atoms with Gasteiger partial charge in [-0.1, -0.05) is 22.9 Å². The third-order valence-corrected chi connectivity index (χ3v) is 3.08. The molecule has 1 heterocycles. The van der Waals surface area contributed by atoms with Gasteiger partial charge in [0, 0.05) is 7.05 Å². The van der Waals surface area contributed by atoms with Gasteiger partial charge < -0.3 is 15.7 Å². The number of rotatable bonds is 4. The number of aromatic nitrogens is 1. The summed E-state index contributed by atoms with van der Waals surface area (Å²) in [5, 5.41) is 9.71. The first kappa shape index (κ1) is 11.2. The smallest absolute Gasteiger partial charge is 0.237 e. The average Bonchev–Trinajstić information content (AvgIpc) is 2.45. The Morgan fingerprint density at radius 3 is 2.86 bits per heavy atom. The minimum atomic E-state index is -0.440. The molecular weight excluding hydrogens is 226 g/mol. The number of thiazole rings is 1. The van der Waals surface area contributed by atoms with E-state index in [9.17, 15) is 4.79 Å². The molecule has 0 fully saturated rings. The van der Waals surface area contributed by atoms with Crippen molar-refractivity contribution in [2.75, 3.05) is 18.5 Å². The zero-order chi connectivity index (χ0) is 10.7. The van der Waals surface area contributed by atoms with Crippen LogP contribution in [0.3, 0.4) is 0 Å². The lowest BCUT2D eigenvalue weighted by atomic mass is 10.6. The zero-order valence-corrected chi connectivity index (χ0v) is 9.10. The molecule has 0 saturated carbocycles. The Kier molecular flexibility index (Phi) is 3.68. The lowest BCUT2D eigenvalue weighted by Crippen LogP contribution is -2.30. The number of aliphatic hydroxyl groups is 1. The van der Waals surface area contributed by atoms with E-state index in [4.69, 9.17) is 22.4 Å². The molecule has 14 heavy (non-hydrogen) atoms. The first-order valence-electron chi connectivity index (χ1n) is 3.80. The molecule has 0 radical (unpaired) electrons. The van der Waals surface area contributed by atoms with E-state index < -0.39 is 5.91 Å². The van der Waals surface area contributed by atoms with E-state index in [2.05, 4.69) is 4.98 Å². The molecular formula is C7H10ClN3O2S. The number of halogens is 1. The quantitative estimate of drug-likeness (QED) is 0.782. The maximum absolute atomic E-state index is 10.6. The number of primary amides is 1. The van der Waals surface area contributed by atoms with Gasteiger partial charge in [0.1, 0.15) is 5.15 Å². The number of amides is 1. The number of anilines is 1. The van der Waals surface area contributed by atoms with Crippen molar-refractivity contribution in [2.24, 2.45) is 5.73 Å². The summed E-state index contributed by atoms with van der Waals surface area (Å²) in [6.07, 6.45) is 0. The van der Waals surface area contributed by atoms with Crippen molar-refractivity contribution in [3.63, 3.8) is 0 Å². The standard InChI is InChI=1S/C7H10ClN3O2S/c1-11(2-5(9)13)7-10-6(8)4(3-12)14-7/h12H,2-3H2,1H3,(H2,9,13). The third kappa shape index (κ3) is 2.57. The third-order valence-electron chi connectivity index (χ3n) is 1.50. The van der Waals surface area contributed by atoms with Gasteiger partial charge in [0.15, 0.2) is 5.13 Å². The van der Waals surface area contributed by atoms with Crippen LogP contribution >= 0.6 is 22.9 Å². The van der Waals surface area contributed by atoms with Crippen LogP contribution in [0.4, 0.5) is 5.13 Å². The van der Waals surface area contributed by atoms with Gasteiger partial charge in [0.05, 0.1) is 18.0 Å². The van der Waals surface area contributed by atoms with Gasteiger partial charge in [-0.15, -0.1) is 0 Å². The summed E-state index contributed by atoms with van der Waals surface area (Å²) in [7, 11) is 1.68. The van der Waals surface area contributed by atoms with Crippen LogP contribution in [-0.4, -0.2) is 29.6 Å². The molecule has 0 aliphatic carbocycles. The molecule has 3 N–H and O–H groups in total. The largest absolute Gasteiger partial charge is 0.391 e. The molecule has 1 aromatic heterocycles. The molecule has 7 heteroatoms. The molecule has 0 spiro atoms. The van der Waals surface area contributed by atoms with E-state index >= 15 is 0 Å². The summed E-state index contributed by atoms with van der Waals surface area (Å²) < 4.78 is 0. The molecule has 78 valence electrons. The molecule has 1 amide bonds. The van der Waals surface area contributed by atoms with Crippen molar-refractivity contribution in [1.29, 1.82) is 0 Å². The Labute approximate surface area is 90.1 Å². The summed E-state index contributed by atoms with van der Waals surface area (Å²) in [5.41, 5.74) is 5.02. The van der Waals surface area contributed by atoms with E-state index in [1.165, 1.54) is 11.3 Å². The van der Waals surface area contributed by atoms with Crippen LogP contribution in [0.1, 0.15) is 4.88 Å². The first-order valence-corrected chi connectivity index (χ1v) is 4.99. The lowest BCUT2D eigenvalue weighted by molar-refractivity contribution is -0.116. The number of nitrogens with two attached hydrogens (primary N) is 1. The minimum Gasteiger partial charge on any atom is -0.391 e. The summed E-state index contributed by atoms with van der Waals surface area (Å²) in [6, 6.07) is 0. The van der Waals surface area contributed by atoms with Crippen LogP contribution in [0.2, 0.25) is 5.15 Å². The molecule has 0 atom stereocenters. The summed E-state index contributed by atoms with van der Waals surface area (Å²) in [6.45, 7) is -0.0738. The van der Waals surface area contributed by atoms with Gasteiger partial charge >= 0.3 is 0 Å². The second kappa shape index (κ2) is 4.59. The molecule has 1 aromatic rings. The number of likely N-dealkylation sites (N-methyl/N-ethyl adjacent to an activating group) is 1. The Hall–Kier alpha value is -0.850. The second-order valence-corrected chi connectivity index (χ2v) is 4.11. The Morgan fingerprint density at radius 2 is 2.43 bits per heavy atom. The lowest BCUT2D eigenvalue weighted by Gasteiger charge is -2.12. The Bertz CT molecular complexity index is 342. The molecule has 0 unspecified atom stereocenters. The summed E-state index contributed by atoms with van der Waals surface area (Å²) >= 11 is 6.96. The van der Waals surface area contributed by atoms with Crippen LogP contribution in [0.15, 0.2) is 0 Å². The second-order valence-electron chi connectivity index (χ2n) is 2.69. The fraction of sp³-hybridized carbons (Fsp3) is 0.429. The topological polar surface area (TPSA) is 79.5 Å². The number of carbonyl (C=O) groups is 1. The van der Waals surface area contributed by atoms with Crippen molar-refractivity contribution >= 4 is 34.0 Å². The van der Waals surface area contributed by atoms with Crippen molar-refractivity contribution < 1.29 is 9.90 Å². The summed E-state index contributed by atoms with van der Waals surface area (Å²) in [5.74, 6) is -0.440. The monoisotopic (exact) mass is 235 g/mol. The molecule has 0 bridgehead atoms. The highest BCUT2D eigenvalue weighted by atomic mass is 35.5. The predicted octanol–water partition coefficient (Wildman–Crippen LogP) is 0.210. The maximum Gasteiger partial charge on any atom is 0.237 e. The van der Waals surface area contributed by atoms with Gasteiger partial charge in [-0.25, -0.2) is 4.98 Å². The normalized spacial score (nSPS) is 10.2. The number of nitrogens with zero attached hydrogens (tertiary/aromatic N) is 2. The Balaban J connectivity index is 2.80. The van der Waals surface area contributed by atoms with Crippen molar-refractivity contribution in [3.05, 3.63) is 10.0 Å². The van der Waals surface area contributed by atoms with Gasteiger partial charge in [-0.05, 0) is 0 Å². The average molecular weight is 236 g/mol.